The van der Waals surface area contributed by atoms with Gasteiger partial charge in [-0.25, -0.2) is 4.79 Å². The maximum Gasteiger partial charge on any atom is 0.407 e. The van der Waals surface area contributed by atoms with Crippen molar-refractivity contribution in [2.24, 2.45) is 11.8 Å². The molecule has 3 aliphatic carbocycles. The van der Waals surface area contributed by atoms with Crippen molar-refractivity contribution >= 4 is 18.0 Å². The summed E-state index contributed by atoms with van der Waals surface area (Å²) >= 11 is 0. The minimum atomic E-state index is -0.792. The van der Waals surface area contributed by atoms with Crippen molar-refractivity contribution < 1.29 is 24.2 Å². The van der Waals surface area contributed by atoms with Gasteiger partial charge in [-0.1, -0.05) is 61.4 Å². The van der Waals surface area contributed by atoms with Crippen LogP contribution in [0.25, 0.3) is 11.1 Å². The molecule has 0 aliphatic heterocycles. The number of ether oxygens (including phenoxy) is 1. The Morgan fingerprint density at radius 1 is 0.857 bits per heavy atom. The maximum atomic E-state index is 13.0. The highest BCUT2D eigenvalue weighted by Crippen LogP contribution is 2.44. The Morgan fingerprint density at radius 3 is 2.20 bits per heavy atom. The van der Waals surface area contributed by atoms with E-state index in [4.69, 9.17) is 4.74 Å². The number of hydrogen-bond donors (Lipinski definition) is 3. The fourth-order valence-electron chi connectivity index (χ4n) is 6.09. The SMILES string of the molecule is O=C(NC1CCCC1C(=O)N[C@@H]1CCC[C@H](C(=O)O)C1)OCC1c2ccccc2-c2ccccc21. The van der Waals surface area contributed by atoms with E-state index in [1.54, 1.807) is 0 Å². The van der Waals surface area contributed by atoms with Crippen LogP contribution in [0.15, 0.2) is 48.5 Å². The van der Waals surface area contributed by atoms with Gasteiger partial charge in [-0.05, 0) is 54.4 Å². The van der Waals surface area contributed by atoms with E-state index in [1.165, 1.54) is 11.1 Å². The molecule has 3 N–H and O–H groups in total. The molecule has 2 amide bonds. The van der Waals surface area contributed by atoms with Gasteiger partial charge in [0.25, 0.3) is 0 Å². The van der Waals surface area contributed by atoms with Crippen LogP contribution in [0.3, 0.4) is 0 Å². The maximum absolute atomic E-state index is 13.0. The Hall–Kier alpha value is -3.35. The highest BCUT2D eigenvalue weighted by molar-refractivity contribution is 5.81. The lowest BCUT2D eigenvalue weighted by Gasteiger charge is -2.29. The molecule has 0 bridgehead atoms. The van der Waals surface area contributed by atoms with Gasteiger partial charge in [0.15, 0.2) is 0 Å². The van der Waals surface area contributed by atoms with E-state index >= 15 is 0 Å². The topological polar surface area (TPSA) is 105 Å². The van der Waals surface area contributed by atoms with E-state index in [9.17, 15) is 19.5 Å². The van der Waals surface area contributed by atoms with E-state index in [0.29, 0.717) is 19.3 Å². The molecule has 3 aliphatic rings. The molecule has 0 saturated heterocycles. The molecule has 2 saturated carbocycles. The van der Waals surface area contributed by atoms with Crippen LogP contribution in [0.4, 0.5) is 4.79 Å². The Morgan fingerprint density at radius 2 is 1.51 bits per heavy atom. The molecule has 7 heteroatoms. The molecule has 2 aromatic carbocycles. The van der Waals surface area contributed by atoms with Crippen LogP contribution >= 0.6 is 0 Å². The van der Waals surface area contributed by atoms with Crippen molar-refractivity contribution in [3.05, 3.63) is 59.7 Å². The minimum Gasteiger partial charge on any atom is -0.481 e. The summed E-state index contributed by atoms with van der Waals surface area (Å²) in [5, 5.41) is 15.3. The molecule has 2 unspecified atom stereocenters. The lowest BCUT2D eigenvalue weighted by Crippen LogP contribution is -2.48. The van der Waals surface area contributed by atoms with Crippen LogP contribution in [0, 0.1) is 11.8 Å². The molecule has 184 valence electrons. The highest BCUT2D eigenvalue weighted by atomic mass is 16.5. The summed E-state index contributed by atoms with van der Waals surface area (Å²) in [7, 11) is 0. The van der Waals surface area contributed by atoms with Gasteiger partial charge in [0.05, 0.1) is 11.8 Å². The zero-order chi connectivity index (χ0) is 24.4. The molecule has 0 spiro atoms. The molecular formula is C28H32N2O5. The van der Waals surface area contributed by atoms with Crippen LogP contribution in [0.5, 0.6) is 0 Å². The largest absolute Gasteiger partial charge is 0.481 e. The van der Waals surface area contributed by atoms with Crippen molar-refractivity contribution in [3.8, 4) is 11.1 Å². The quantitative estimate of drug-likeness (QED) is 0.571. The molecule has 2 fully saturated rings. The number of amides is 2. The third-order valence-corrected chi connectivity index (χ3v) is 7.87. The molecule has 2 aromatic rings. The summed E-state index contributed by atoms with van der Waals surface area (Å²) in [5.74, 6) is -1.61. The Labute approximate surface area is 205 Å². The van der Waals surface area contributed by atoms with Crippen LogP contribution < -0.4 is 10.6 Å². The smallest absolute Gasteiger partial charge is 0.407 e. The Bertz CT molecular complexity index is 1070. The van der Waals surface area contributed by atoms with Crippen molar-refractivity contribution in [1.29, 1.82) is 0 Å². The Kier molecular flexibility index (Phi) is 6.75. The van der Waals surface area contributed by atoms with Crippen LogP contribution in [0.2, 0.25) is 0 Å². The fraction of sp³-hybridized carbons (Fsp3) is 0.464. The summed E-state index contributed by atoms with van der Waals surface area (Å²) in [6.45, 7) is 0.238. The standard InChI is InChI=1S/C28H32N2O5/c31-26(29-18-8-5-7-17(15-18)27(32)33)23-13-6-14-25(23)30-28(34)35-16-24-21-11-3-1-9-19(21)20-10-2-4-12-22(20)24/h1-4,9-12,17-18,23-25H,5-8,13-16H2,(H,29,31)(H,30,34)(H,32,33)/t17-,18+,23?,25?/m0/s1. The summed E-state index contributed by atoms with van der Waals surface area (Å²) < 4.78 is 5.67. The van der Waals surface area contributed by atoms with E-state index in [2.05, 4.69) is 34.9 Å². The lowest BCUT2D eigenvalue weighted by atomic mass is 9.85. The van der Waals surface area contributed by atoms with Crippen molar-refractivity contribution in [2.75, 3.05) is 6.61 Å². The van der Waals surface area contributed by atoms with Crippen molar-refractivity contribution in [2.45, 2.75) is 62.9 Å². The second-order valence-electron chi connectivity index (χ2n) is 10.0. The molecule has 35 heavy (non-hydrogen) atoms. The number of aliphatic carboxylic acids is 1. The monoisotopic (exact) mass is 476 g/mol. The lowest BCUT2D eigenvalue weighted by molar-refractivity contribution is -0.143. The number of carboxylic acids is 1. The average Bonchev–Trinajstić information content (AvgIpc) is 3.45. The third-order valence-electron chi connectivity index (χ3n) is 7.87. The predicted octanol–water partition coefficient (Wildman–Crippen LogP) is 4.45. The Balaban J connectivity index is 1.17. The second-order valence-corrected chi connectivity index (χ2v) is 10.0. The van der Waals surface area contributed by atoms with Crippen LogP contribution in [-0.4, -0.2) is 41.8 Å². The first-order chi connectivity index (χ1) is 17.0. The molecule has 5 rings (SSSR count). The van der Waals surface area contributed by atoms with Gasteiger partial charge in [-0.2, -0.15) is 0 Å². The number of carbonyl (C=O) groups excluding carboxylic acids is 2. The number of rotatable bonds is 6. The van der Waals surface area contributed by atoms with E-state index in [0.717, 1.165) is 36.8 Å². The average molecular weight is 477 g/mol. The zero-order valence-electron chi connectivity index (χ0n) is 19.7. The fourth-order valence-corrected chi connectivity index (χ4v) is 6.09. The number of benzene rings is 2. The summed E-state index contributed by atoms with van der Waals surface area (Å²) in [6, 6.07) is 16.0. The number of nitrogens with one attached hydrogen (secondary N) is 2. The van der Waals surface area contributed by atoms with Gasteiger partial charge >= 0.3 is 12.1 Å². The van der Waals surface area contributed by atoms with Crippen LogP contribution in [-0.2, 0) is 14.3 Å². The summed E-state index contributed by atoms with van der Waals surface area (Å²) in [5.41, 5.74) is 4.67. The van der Waals surface area contributed by atoms with Crippen molar-refractivity contribution in [1.82, 2.24) is 10.6 Å². The third kappa shape index (κ3) is 4.90. The number of hydrogen-bond acceptors (Lipinski definition) is 4. The first-order valence-corrected chi connectivity index (χ1v) is 12.7. The van der Waals surface area contributed by atoms with Gasteiger partial charge < -0.3 is 20.5 Å². The first-order valence-electron chi connectivity index (χ1n) is 12.7. The van der Waals surface area contributed by atoms with Crippen LogP contribution in [0.1, 0.15) is 62.0 Å². The van der Waals surface area contributed by atoms with Gasteiger partial charge in [0, 0.05) is 18.0 Å². The van der Waals surface area contributed by atoms with Gasteiger partial charge in [0.2, 0.25) is 5.91 Å². The first kappa shape index (κ1) is 23.4. The number of fused-ring (bicyclic) bond motifs is 3. The van der Waals surface area contributed by atoms with E-state index < -0.39 is 18.0 Å². The minimum absolute atomic E-state index is 0.00990. The molecule has 7 nitrogen and oxygen atoms in total. The summed E-state index contributed by atoms with van der Waals surface area (Å²) in [4.78, 5) is 37.0. The number of carbonyl (C=O) groups is 3. The molecule has 0 heterocycles. The normalized spacial score (nSPS) is 25.4. The van der Waals surface area contributed by atoms with E-state index in [1.807, 2.05) is 24.3 Å². The van der Waals surface area contributed by atoms with Gasteiger partial charge in [-0.3, -0.25) is 9.59 Å². The second kappa shape index (κ2) is 10.1. The molecule has 4 atom stereocenters. The van der Waals surface area contributed by atoms with Crippen molar-refractivity contribution in [3.63, 3.8) is 0 Å². The number of carboxylic acid groups (broad SMARTS) is 1. The number of alkyl carbamates (subject to hydrolysis) is 1. The predicted molar refractivity (Wildman–Crippen MR) is 131 cm³/mol. The van der Waals surface area contributed by atoms with Gasteiger partial charge in [0.1, 0.15) is 6.61 Å². The molecular weight excluding hydrogens is 444 g/mol. The molecule has 0 aromatic heterocycles. The van der Waals surface area contributed by atoms with Gasteiger partial charge in [-0.15, -0.1) is 0 Å². The highest BCUT2D eigenvalue weighted by Gasteiger charge is 2.37. The summed E-state index contributed by atoms with van der Waals surface area (Å²) in [6.07, 6.45) is 4.52. The zero-order valence-corrected chi connectivity index (χ0v) is 19.7. The van der Waals surface area contributed by atoms with E-state index in [-0.39, 0.29) is 36.4 Å². The molecule has 0 radical (unpaired) electrons.